The molecule has 1 saturated heterocycles. The van der Waals surface area contributed by atoms with E-state index in [1.165, 1.54) is 24.0 Å². The minimum absolute atomic E-state index is 0.0153. The highest BCUT2D eigenvalue weighted by Gasteiger charge is 2.72. The number of guanidine groups is 1. The first-order chi connectivity index (χ1) is 21.8. The van der Waals surface area contributed by atoms with E-state index in [0.717, 1.165) is 71.6 Å². The number of phenols is 1. The van der Waals surface area contributed by atoms with E-state index in [0.29, 0.717) is 36.2 Å². The topological polar surface area (TPSA) is 119 Å². The third-order valence-corrected chi connectivity index (χ3v) is 11.5. The molecule has 5 aliphatic rings. The van der Waals surface area contributed by atoms with Crippen molar-refractivity contribution in [2.45, 2.75) is 68.2 Å². The van der Waals surface area contributed by atoms with Gasteiger partial charge in [0, 0.05) is 47.0 Å². The van der Waals surface area contributed by atoms with Crippen molar-refractivity contribution in [1.82, 2.24) is 15.2 Å². The van der Waals surface area contributed by atoms with Gasteiger partial charge in [0.25, 0.3) is 0 Å². The normalized spacial score (nSPS) is 28.1. The number of nitrogens with one attached hydrogen (secondary N) is 2. The van der Waals surface area contributed by atoms with Crippen LogP contribution in [-0.2, 0) is 31.2 Å². The van der Waals surface area contributed by atoms with E-state index in [1.54, 1.807) is 6.07 Å². The third kappa shape index (κ3) is 4.08. The summed E-state index contributed by atoms with van der Waals surface area (Å²) in [6, 6.07) is 18.0. The quantitative estimate of drug-likeness (QED) is 0.148. The molecule has 4 atom stereocenters. The number of aliphatic hydroxyl groups is 1. The molecule has 2 fully saturated rings. The number of piperidine rings is 1. The van der Waals surface area contributed by atoms with Crippen LogP contribution in [0.15, 0.2) is 59.6 Å². The lowest BCUT2D eigenvalue weighted by molar-refractivity contribution is -0.173. The number of aliphatic imine (C=N–C) groups is 1. The number of nitrogens with two attached hydrogens (primary N) is 1. The van der Waals surface area contributed by atoms with Gasteiger partial charge in [-0.1, -0.05) is 35.9 Å². The minimum Gasteiger partial charge on any atom is -0.504 e. The number of hydrogen-bond acceptors (Lipinski definition) is 5. The summed E-state index contributed by atoms with van der Waals surface area (Å²) in [7, 11) is 0. The molecule has 1 spiro atoms. The number of likely N-dealkylation sites (tertiary alicyclic amines) is 1. The molecule has 8 nitrogen and oxygen atoms in total. The van der Waals surface area contributed by atoms with Crippen molar-refractivity contribution in [3.8, 4) is 11.5 Å². The first kappa shape index (κ1) is 27.6. The maximum Gasteiger partial charge on any atom is 0.188 e. The van der Waals surface area contributed by atoms with E-state index in [9.17, 15) is 10.2 Å². The van der Waals surface area contributed by atoms with Crippen LogP contribution in [0.4, 0.5) is 0 Å². The molecule has 1 aromatic heterocycles. The molecule has 3 aliphatic carbocycles. The highest BCUT2D eigenvalue weighted by Crippen LogP contribution is 2.69. The number of rotatable bonds is 7. The minimum atomic E-state index is -0.995. The number of H-pyrrole nitrogens is 1. The Morgan fingerprint density at radius 1 is 1.13 bits per heavy atom. The summed E-state index contributed by atoms with van der Waals surface area (Å²) in [6.45, 7) is 3.14. The molecule has 232 valence electrons. The summed E-state index contributed by atoms with van der Waals surface area (Å²) in [6.07, 6.45) is 5.14. The number of nitrogens with zero attached hydrogens (tertiary/aromatic N) is 2. The molecule has 0 amide bonds. The van der Waals surface area contributed by atoms with Crippen LogP contribution < -0.4 is 15.8 Å². The molecule has 9 rings (SSSR count). The zero-order valence-electron chi connectivity index (χ0n) is 25.2. The van der Waals surface area contributed by atoms with Crippen LogP contribution >= 0.6 is 11.6 Å². The number of benzene rings is 3. The number of aromatic nitrogens is 1. The van der Waals surface area contributed by atoms with Gasteiger partial charge < -0.3 is 31.0 Å². The van der Waals surface area contributed by atoms with Crippen molar-refractivity contribution in [2.75, 3.05) is 19.6 Å². The lowest BCUT2D eigenvalue weighted by Crippen LogP contribution is -2.74. The molecular formula is C36H38ClN5O3. The van der Waals surface area contributed by atoms with Crippen LogP contribution in [0.1, 0.15) is 58.9 Å². The number of aromatic amines is 1. The van der Waals surface area contributed by atoms with Gasteiger partial charge in [-0.2, -0.15) is 0 Å². The SMILES string of the molecule is NC(=NCc1ccc(Cl)cc1)NCCc1ccc2[nH]c3c(c2c1)C[C@@]1(O)[C@H]2Cc4ccc(O)c5c4[C@@]1(CCN2CC1CC1)[C@H]3O5. The van der Waals surface area contributed by atoms with Crippen molar-refractivity contribution in [1.29, 1.82) is 0 Å². The van der Waals surface area contributed by atoms with Gasteiger partial charge in [0.2, 0.25) is 0 Å². The van der Waals surface area contributed by atoms with Gasteiger partial charge in [0.05, 0.1) is 23.3 Å². The van der Waals surface area contributed by atoms with Crippen molar-refractivity contribution in [3.63, 3.8) is 0 Å². The molecule has 2 aliphatic heterocycles. The van der Waals surface area contributed by atoms with Crippen LogP contribution in [0.3, 0.4) is 0 Å². The number of aromatic hydroxyl groups is 1. The fourth-order valence-corrected chi connectivity index (χ4v) is 9.11. The Labute approximate surface area is 267 Å². The van der Waals surface area contributed by atoms with Crippen molar-refractivity contribution >= 4 is 28.5 Å². The number of halogens is 1. The van der Waals surface area contributed by atoms with Gasteiger partial charge in [0.15, 0.2) is 23.6 Å². The highest BCUT2D eigenvalue weighted by molar-refractivity contribution is 6.30. The fraction of sp³-hybridized carbons (Fsp3) is 0.417. The average Bonchev–Trinajstić information content (AvgIpc) is 3.68. The van der Waals surface area contributed by atoms with Gasteiger partial charge in [-0.25, -0.2) is 4.99 Å². The van der Waals surface area contributed by atoms with E-state index in [-0.39, 0.29) is 17.9 Å². The summed E-state index contributed by atoms with van der Waals surface area (Å²) >= 11 is 5.98. The Balaban J connectivity index is 1.03. The zero-order valence-corrected chi connectivity index (χ0v) is 25.9. The maximum atomic E-state index is 13.1. The maximum absolute atomic E-state index is 13.1. The molecule has 3 aromatic carbocycles. The first-order valence-electron chi connectivity index (χ1n) is 16.2. The largest absolute Gasteiger partial charge is 0.504 e. The molecule has 45 heavy (non-hydrogen) atoms. The molecule has 9 heteroatoms. The predicted octanol–water partition coefficient (Wildman–Crippen LogP) is 4.87. The first-order valence-corrected chi connectivity index (χ1v) is 16.6. The second kappa shape index (κ2) is 9.89. The van der Waals surface area contributed by atoms with Crippen LogP contribution in [0.2, 0.25) is 5.02 Å². The van der Waals surface area contributed by atoms with E-state index in [2.05, 4.69) is 44.5 Å². The number of fused-ring (bicyclic) bond motifs is 4. The molecule has 4 aromatic rings. The summed E-state index contributed by atoms with van der Waals surface area (Å²) < 4.78 is 6.74. The lowest BCUT2D eigenvalue weighted by Gasteiger charge is -2.62. The molecule has 2 bridgehead atoms. The fourth-order valence-electron chi connectivity index (χ4n) is 8.98. The van der Waals surface area contributed by atoms with Crippen molar-refractivity contribution < 1.29 is 14.9 Å². The summed E-state index contributed by atoms with van der Waals surface area (Å²) in [5.41, 5.74) is 12.3. The van der Waals surface area contributed by atoms with E-state index < -0.39 is 11.0 Å². The highest BCUT2D eigenvalue weighted by atomic mass is 35.5. The Kier molecular flexibility index (Phi) is 6.06. The Hall–Kier alpha value is -3.72. The number of hydrogen-bond donors (Lipinski definition) is 5. The second-order valence-corrected chi connectivity index (χ2v) is 14.3. The summed E-state index contributed by atoms with van der Waals surface area (Å²) in [5, 5.41) is 29.1. The Morgan fingerprint density at radius 3 is 2.78 bits per heavy atom. The van der Waals surface area contributed by atoms with Crippen LogP contribution in [-0.4, -0.2) is 57.3 Å². The van der Waals surface area contributed by atoms with Gasteiger partial charge in [-0.3, -0.25) is 4.90 Å². The van der Waals surface area contributed by atoms with Gasteiger partial charge in [0.1, 0.15) is 0 Å². The van der Waals surface area contributed by atoms with Crippen molar-refractivity contribution in [3.05, 3.63) is 93.1 Å². The lowest BCUT2D eigenvalue weighted by atomic mass is 9.49. The van der Waals surface area contributed by atoms with Crippen LogP contribution in [0, 0.1) is 5.92 Å². The summed E-state index contributed by atoms with van der Waals surface area (Å²) in [4.78, 5) is 10.8. The molecule has 1 saturated carbocycles. The monoisotopic (exact) mass is 623 g/mol. The van der Waals surface area contributed by atoms with E-state index >= 15 is 0 Å². The number of ether oxygens (including phenoxy) is 1. The second-order valence-electron chi connectivity index (χ2n) is 13.8. The third-order valence-electron chi connectivity index (χ3n) is 11.3. The van der Waals surface area contributed by atoms with Gasteiger partial charge in [-0.15, -0.1) is 0 Å². The predicted molar refractivity (Wildman–Crippen MR) is 175 cm³/mol. The van der Waals surface area contributed by atoms with Crippen LogP contribution in [0.25, 0.3) is 10.9 Å². The average molecular weight is 624 g/mol. The molecule has 3 heterocycles. The van der Waals surface area contributed by atoms with E-state index in [4.69, 9.17) is 22.1 Å². The Bertz CT molecular complexity index is 1870. The molecule has 6 N–H and O–H groups in total. The Morgan fingerprint density at radius 2 is 1.96 bits per heavy atom. The van der Waals surface area contributed by atoms with Crippen molar-refractivity contribution in [2.24, 2.45) is 16.6 Å². The molecule has 0 unspecified atom stereocenters. The molecule has 0 radical (unpaired) electrons. The van der Waals surface area contributed by atoms with Gasteiger partial charge in [-0.05, 0) is 97.2 Å². The zero-order chi connectivity index (χ0) is 30.5. The van der Waals surface area contributed by atoms with Gasteiger partial charge >= 0.3 is 0 Å². The van der Waals surface area contributed by atoms with E-state index in [1.807, 2.05) is 24.3 Å². The molecular weight excluding hydrogens is 586 g/mol. The number of phenolic OH excluding ortho intramolecular Hbond substituents is 1. The van der Waals surface area contributed by atoms with Crippen LogP contribution in [0.5, 0.6) is 11.5 Å². The standard InChI is InChI=1S/C36H38ClN5O3/c37-24-7-3-21(4-8-24)18-40-34(38)39-13-11-20-5-9-27-25(15-20)26-17-36(44)29-16-23-6-10-28(43)32-30(23)35(36,33(45-32)31(26)41-27)12-14-42(29)19-22-1-2-22/h3-10,15,22,29,33,41,43-44H,1-2,11-14,16-19H2,(H3,38,39,40)/t29-,33+,35+,36-/m1/s1. The summed E-state index contributed by atoms with van der Waals surface area (Å²) in [5.74, 6) is 1.90. The smallest absolute Gasteiger partial charge is 0.188 e.